The van der Waals surface area contributed by atoms with Gasteiger partial charge in [-0.15, -0.1) is 0 Å². The highest BCUT2D eigenvalue weighted by atomic mass is 16.5. The zero-order chi connectivity index (χ0) is 28.4. The largest absolute Gasteiger partial charge is 0.462 e. The highest BCUT2D eigenvalue weighted by Crippen LogP contribution is 2.35. The second kappa shape index (κ2) is 25.6. The maximum absolute atomic E-state index is 13.4. The predicted molar refractivity (Wildman–Crippen MR) is 165 cm³/mol. The van der Waals surface area contributed by atoms with Crippen molar-refractivity contribution in [1.82, 2.24) is 0 Å². The molecule has 0 heterocycles. The van der Waals surface area contributed by atoms with Crippen LogP contribution in [0.5, 0.6) is 0 Å². The van der Waals surface area contributed by atoms with Crippen molar-refractivity contribution in [2.24, 2.45) is 5.92 Å². The van der Waals surface area contributed by atoms with Gasteiger partial charge in [0.15, 0.2) is 0 Å². The average Bonchev–Trinajstić information content (AvgIpc) is 3.47. The first-order valence-corrected chi connectivity index (χ1v) is 17.2. The lowest BCUT2D eigenvalue weighted by Crippen LogP contribution is -2.22. The molecule has 39 heavy (non-hydrogen) atoms. The molecular formula is C35H64O4. The van der Waals surface area contributed by atoms with Crippen LogP contribution in [0.2, 0.25) is 0 Å². The molecule has 0 saturated heterocycles. The van der Waals surface area contributed by atoms with Gasteiger partial charge in [-0.2, -0.15) is 0 Å². The van der Waals surface area contributed by atoms with E-state index in [4.69, 9.17) is 9.47 Å². The lowest BCUT2D eigenvalue weighted by atomic mass is 9.90. The van der Waals surface area contributed by atoms with Gasteiger partial charge in [0.2, 0.25) is 0 Å². The molecule has 1 fully saturated rings. The monoisotopic (exact) mass is 548 g/mol. The number of carbonyl (C=O) groups excluding carboxylic acids is 2. The van der Waals surface area contributed by atoms with Crippen LogP contribution in [0.1, 0.15) is 181 Å². The topological polar surface area (TPSA) is 52.6 Å². The minimum Gasteiger partial charge on any atom is -0.462 e. The summed E-state index contributed by atoms with van der Waals surface area (Å²) in [4.78, 5) is 26.8. The Morgan fingerprint density at radius 3 is 1.36 bits per heavy atom. The maximum Gasteiger partial charge on any atom is 0.334 e. The fourth-order valence-corrected chi connectivity index (χ4v) is 5.79. The van der Waals surface area contributed by atoms with E-state index in [1.807, 2.05) is 0 Å². The minimum absolute atomic E-state index is 0.146. The number of hydrogen-bond donors (Lipinski definition) is 0. The Balaban J connectivity index is 2.78. The predicted octanol–water partition coefficient (Wildman–Crippen LogP) is 10.8. The summed E-state index contributed by atoms with van der Waals surface area (Å²) < 4.78 is 11.6. The van der Waals surface area contributed by atoms with Crippen LogP contribution in [0.15, 0.2) is 11.1 Å². The van der Waals surface area contributed by atoms with E-state index in [1.54, 1.807) is 0 Å². The molecule has 1 aliphatic carbocycles. The first-order chi connectivity index (χ1) is 19.2. The van der Waals surface area contributed by atoms with E-state index in [-0.39, 0.29) is 17.9 Å². The first-order valence-electron chi connectivity index (χ1n) is 17.2. The lowest BCUT2D eigenvalue weighted by Gasteiger charge is -2.19. The van der Waals surface area contributed by atoms with Crippen molar-refractivity contribution in [1.29, 1.82) is 0 Å². The van der Waals surface area contributed by atoms with Crippen LogP contribution in [0, 0.1) is 5.92 Å². The van der Waals surface area contributed by atoms with Crippen molar-refractivity contribution in [3.05, 3.63) is 11.1 Å². The van der Waals surface area contributed by atoms with Gasteiger partial charge in [0.1, 0.15) is 0 Å². The van der Waals surface area contributed by atoms with Crippen molar-refractivity contribution < 1.29 is 19.1 Å². The van der Waals surface area contributed by atoms with Crippen molar-refractivity contribution in [3.8, 4) is 0 Å². The quantitative estimate of drug-likeness (QED) is 0.0612. The third kappa shape index (κ3) is 17.9. The summed E-state index contributed by atoms with van der Waals surface area (Å²) in [6, 6.07) is 0. The molecule has 0 unspecified atom stereocenters. The number of rotatable bonds is 26. The molecule has 0 atom stereocenters. The van der Waals surface area contributed by atoms with Gasteiger partial charge in [-0.25, -0.2) is 9.59 Å². The van der Waals surface area contributed by atoms with Gasteiger partial charge in [-0.05, 0) is 44.4 Å². The Morgan fingerprint density at radius 1 is 0.513 bits per heavy atom. The zero-order valence-electron chi connectivity index (χ0n) is 26.3. The Bertz CT molecular complexity index is 633. The van der Waals surface area contributed by atoms with Crippen molar-refractivity contribution in [2.75, 3.05) is 13.2 Å². The summed E-state index contributed by atoms with van der Waals surface area (Å²) in [5.74, 6) is -0.362. The molecule has 4 heteroatoms. The third-order valence-electron chi connectivity index (χ3n) is 8.30. The van der Waals surface area contributed by atoms with Gasteiger partial charge in [-0.3, -0.25) is 0 Å². The van der Waals surface area contributed by atoms with Crippen LogP contribution < -0.4 is 0 Å². The van der Waals surface area contributed by atoms with Crippen molar-refractivity contribution in [3.63, 3.8) is 0 Å². The van der Waals surface area contributed by atoms with Crippen LogP contribution in [-0.2, 0) is 19.1 Å². The number of esters is 2. The Hall–Kier alpha value is -1.32. The fraction of sp³-hybridized carbons (Fsp3) is 0.886. The SMILES string of the molecule is CCCCCCCCCCC(C(=O)OCCCCCCCC)=C(C(=O)OCCCCCCCC)C1CCCC1. The molecule has 4 nitrogen and oxygen atoms in total. The fourth-order valence-electron chi connectivity index (χ4n) is 5.79. The van der Waals surface area contributed by atoms with Crippen LogP contribution in [0.3, 0.4) is 0 Å². The van der Waals surface area contributed by atoms with E-state index in [0.717, 1.165) is 64.2 Å². The Kier molecular flexibility index (Phi) is 23.5. The highest BCUT2D eigenvalue weighted by Gasteiger charge is 2.31. The molecule has 0 aromatic carbocycles. The second-order valence-electron chi connectivity index (χ2n) is 11.9. The molecule has 1 aliphatic rings. The molecule has 0 radical (unpaired) electrons. The highest BCUT2D eigenvalue weighted by molar-refractivity contribution is 6.00. The molecule has 0 bridgehead atoms. The summed E-state index contributed by atoms with van der Waals surface area (Å²) in [5.41, 5.74) is 1.29. The summed E-state index contributed by atoms with van der Waals surface area (Å²) >= 11 is 0. The van der Waals surface area contributed by atoms with Gasteiger partial charge in [0.05, 0.1) is 18.8 Å². The molecule has 0 N–H and O–H groups in total. The molecule has 0 aromatic rings. The van der Waals surface area contributed by atoms with Gasteiger partial charge in [0.25, 0.3) is 0 Å². The molecule has 0 aromatic heterocycles. The Morgan fingerprint density at radius 2 is 0.897 bits per heavy atom. The molecular weight excluding hydrogens is 484 g/mol. The Labute approximate surface area is 242 Å². The smallest absolute Gasteiger partial charge is 0.334 e. The number of unbranched alkanes of at least 4 members (excludes halogenated alkanes) is 17. The van der Waals surface area contributed by atoms with E-state index in [1.165, 1.54) is 89.9 Å². The van der Waals surface area contributed by atoms with Crippen LogP contribution >= 0.6 is 0 Å². The van der Waals surface area contributed by atoms with E-state index in [0.29, 0.717) is 30.8 Å². The van der Waals surface area contributed by atoms with Gasteiger partial charge in [0, 0.05) is 5.57 Å². The van der Waals surface area contributed by atoms with Crippen molar-refractivity contribution in [2.45, 2.75) is 181 Å². The molecule has 1 saturated carbocycles. The molecule has 0 aliphatic heterocycles. The van der Waals surface area contributed by atoms with E-state index in [2.05, 4.69) is 20.8 Å². The second-order valence-corrected chi connectivity index (χ2v) is 11.9. The third-order valence-corrected chi connectivity index (χ3v) is 8.30. The van der Waals surface area contributed by atoms with E-state index in [9.17, 15) is 9.59 Å². The minimum atomic E-state index is -0.259. The number of carbonyl (C=O) groups is 2. The lowest BCUT2D eigenvalue weighted by molar-refractivity contribution is -0.143. The summed E-state index contributed by atoms with van der Waals surface area (Å²) in [7, 11) is 0. The average molecular weight is 549 g/mol. The van der Waals surface area contributed by atoms with Crippen molar-refractivity contribution >= 4 is 11.9 Å². The first kappa shape index (κ1) is 35.7. The van der Waals surface area contributed by atoms with Gasteiger partial charge < -0.3 is 9.47 Å². The summed E-state index contributed by atoms with van der Waals surface area (Å²) in [6.07, 6.45) is 28.5. The van der Waals surface area contributed by atoms with Crippen LogP contribution in [0.25, 0.3) is 0 Å². The summed E-state index contributed by atoms with van der Waals surface area (Å²) in [5, 5.41) is 0. The molecule has 228 valence electrons. The van der Waals surface area contributed by atoms with E-state index < -0.39 is 0 Å². The molecule has 1 rings (SSSR count). The van der Waals surface area contributed by atoms with Crippen LogP contribution in [-0.4, -0.2) is 25.2 Å². The zero-order valence-corrected chi connectivity index (χ0v) is 26.3. The number of hydrogen-bond acceptors (Lipinski definition) is 4. The number of ether oxygens (including phenoxy) is 2. The summed E-state index contributed by atoms with van der Waals surface area (Å²) in [6.45, 7) is 7.61. The van der Waals surface area contributed by atoms with Gasteiger partial charge in [-0.1, -0.05) is 143 Å². The molecule has 0 amide bonds. The maximum atomic E-state index is 13.4. The molecule has 0 spiro atoms. The van der Waals surface area contributed by atoms with E-state index >= 15 is 0 Å². The van der Waals surface area contributed by atoms with Crippen LogP contribution in [0.4, 0.5) is 0 Å². The normalized spacial score (nSPS) is 14.4. The van der Waals surface area contributed by atoms with Gasteiger partial charge >= 0.3 is 11.9 Å². The standard InChI is InChI=1S/C35H64O4/c1-4-7-10-13-16-17-18-21-28-32(34(36)38-29-24-19-14-11-8-5-2)33(31-26-22-23-27-31)35(37)39-30-25-20-15-12-9-6-3/h31H,4-30H2,1-3H3.